The molecule has 0 radical (unpaired) electrons. The van der Waals surface area contributed by atoms with Crippen molar-refractivity contribution in [2.75, 3.05) is 13.7 Å². The highest BCUT2D eigenvalue weighted by Gasteiger charge is 2.34. The van der Waals surface area contributed by atoms with Gasteiger partial charge < -0.3 is 4.74 Å². The summed E-state index contributed by atoms with van der Waals surface area (Å²) in [6.45, 7) is 0.0872. The molecule has 1 aromatic carbocycles. The summed E-state index contributed by atoms with van der Waals surface area (Å²) in [6, 6.07) is 3.71. The van der Waals surface area contributed by atoms with Crippen LogP contribution < -0.4 is 4.74 Å². The highest BCUT2D eigenvalue weighted by atomic mass is 19.4. The van der Waals surface area contributed by atoms with Crippen LogP contribution in [0.1, 0.15) is 11.1 Å². The Morgan fingerprint density at radius 1 is 1.44 bits per heavy atom. The molecule has 0 saturated heterocycles. The molecule has 0 aliphatic rings. The third-order valence-electron chi connectivity index (χ3n) is 2.09. The number of rotatable bonds is 4. The van der Waals surface area contributed by atoms with Crippen molar-refractivity contribution in [3.05, 3.63) is 45.8 Å². The maximum atomic E-state index is 12.7. The van der Waals surface area contributed by atoms with Crippen LogP contribution in [0.25, 0.3) is 16.5 Å². The van der Waals surface area contributed by atoms with E-state index in [0.29, 0.717) is 5.56 Å². The molecule has 1 rings (SSSR count). The van der Waals surface area contributed by atoms with Gasteiger partial charge in [-0.1, -0.05) is 23.3 Å². The van der Waals surface area contributed by atoms with Crippen LogP contribution in [0, 0.1) is 0 Å². The maximum absolute atomic E-state index is 12.7. The Balaban J connectivity index is 3.03. The van der Waals surface area contributed by atoms with Crippen molar-refractivity contribution in [1.82, 2.24) is 0 Å². The molecule has 0 bridgehead atoms. The van der Waals surface area contributed by atoms with E-state index < -0.39 is 11.7 Å². The summed E-state index contributed by atoms with van der Waals surface area (Å²) in [5, 5.41) is 3.24. The molecule has 18 heavy (non-hydrogen) atoms. The van der Waals surface area contributed by atoms with Gasteiger partial charge in [0.15, 0.2) is 0 Å². The van der Waals surface area contributed by atoms with Crippen LogP contribution in [0.3, 0.4) is 0 Å². The minimum Gasteiger partial charge on any atom is -0.496 e. The van der Waals surface area contributed by atoms with Gasteiger partial charge in [-0.2, -0.15) is 13.2 Å². The van der Waals surface area contributed by atoms with Crippen LogP contribution in [-0.2, 0) is 6.18 Å². The van der Waals surface area contributed by atoms with Crippen molar-refractivity contribution in [1.29, 1.82) is 0 Å². The molecule has 0 amide bonds. The lowest BCUT2D eigenvalue weighted by molar-refractivity contribution is -0.138. The van der Waals surface area contributed by atoms with Crippen LogP contribution in [0.2, 0.25) is 0 Å². The van der Waals surface area contributed by atoms with Gasteiger partial charge in [0.2, 0.25) is 0 Å². The van der Waals surface area contributed by atoms with E-state index in [1.807, 2.05) is 0 Å². The quantitative estimate of drug-likeness (QED) is 0.456. The second-order valence-corrected chi connectivity index (χ2v) is 3.27. The fourth-order valence-electron chi connectivity index (χ4n) is 1.32. The predicted molar refractivity (Wildman–Crippen MR) is 61.0 cm³/mol. The summed E-state index contributed by atoms with van der Waals surface area (Å²) < 4.78 is 42.7. The molecule has 0 aromatic heterocycles. The summed E-state index contributed by atoms with van der Waals surface area (Å²) in [4.78, 5) is 2.52. The van der Waals surface area contributed by atoms with Crippen molar-refractivity contribution >= 4 is 6.08 Å². The molecular weight excluding hydrogens is 247 g/mol. The van der Waals surface area contributed by atoms with Gasteiger partial charge in [0, 0.05) is 11.5 Å². The minimum absolute atomic E-state index is 0.0872. The summed E-state index contributed by atoms with van der Waals surface area (Å²) in [5.74, 6) is -0.227. The molecule has 96 valence electrons. The molecule has 1 aromatic rings. The number of hydrogen-bond donors (Lipinski definition) is 0. The van der Waals surface area contributed by atoms with E-state index in [4.69, 9.17) is 5.53 Å². The van der Waals surface area contributed by atoms with Crippen molar-refractivity contribution in [3.8, 4) is 5.75 Å². The SMILES string of the molecule is COc1ccc(C=CCN=[N+]=[N-])cc1C(F)(F)F. The number of alkyl halides is 3. The highest BCUT2D eigenvalue weighted by Crippen LogP contribution is 2.36. The Morgan fingerprint density at radius 3 is 2.72 bits per heavy atom. The zero-order valence-electron chi connectivity index (χ0n) is 9.48. The first-order valence-electron chi connectivity index (χ1n) is 4.91. The van der Waals surface area contributed by atoms with E-state index in [-0.39, 0.29) is 12.3 Å². The lowest BCUT2D eigenvalue weighted by atomic mass is 10.1. The van der Waals surface area contributed by atoms with Crippen molar-refractivity contribution in [2.24, 2.45) is 5.11 Å². The Hall–Kier alpha value is -2.14. The highest BCUT2D eigenvalue weighted by molar-refractivity contribution is 5.54. The van der Waals surface area contributed by atoms with Crippen molar-refractivity contribution < 1.29 is 17.9 Å². The largest absolute Gasteiger partial charge is 0.496 e. The summed E-state index contributed by atoms with van der Waals surface area (Å²) in [6.07, 6.45) is -1.55. The Morgan fingerprint density at radius 2 is 2.17 bits per heavy atom. The summed E-state index contributed by atoms with van der Waals surface area (Å²) in [7, 11) is 1.18. The lowest BCUT2D eigenvalue weighted by Crippen LogP contribution is -2.07. The van der Waals surface area contributed by atoms with Gasteiger partial charge in [-0.3, -0.25) is 0 Å². The zero-order valence-corrected chi connectivity index (χ0v) is 9.48. The number of halogens is 3. The average Bonchev–Trinajstić information content (AvgIpc) is 2.33. The van der Waals surface area contributed by atoms with Crippen LogP contribution in [0.15, 0.2) is 29.4 Å². The molecule has 0 aliphatic heterocycles. The predicted octanol–water partition coefficient (Wildman–Crippen LogP) is 4.04. The maximum Gasteiger partial charge on any atom is 0.419 e. The van der Waals surface area contributed by atoms with Crippen LogP contribution >= 0.6 is 0 Å². The smallest absolute Gasteiger partial charge is 0.419 e. The molecule has 0 heterocycles. The Bertz CT molecular complexity index is 491. The lowest BCUT2D eigenvalue weighted by Gasteiger charge is -2.12. The van der Waals surface area contributed by atoms with E-state index in [2.05, 4.69) is 14.8 Å². The fourth-order valence-corrected chi connectivity index (χ4v) is 1.32. The Labute approximate surface area is 101 Å². The molecule has 0 spiro atoms. The normalized spacial score (nSPS) is 11.3. The van der Waals surface area contributed by atoms with E-state index >= 15 is 0 Å². The number of methoxy groups -OCH3 is 1. The van der Waals surface area contributed by atoms with E-state index in [1.54, 1.807) is 0 Å². The van der Waals surface area contributed by atoms with E-state index in [1.165, 1.54) is 31.4 Å². The number of ether oxygens (including phenoxy) is 1. The van der Waals surface area contributed by atoms with Crippen LogP contribution in [0.4, 0.5) is 13.2 Å². The first-order chi connectivity index (χ1) is 8.49. The summed E-state index contributed by atoms with van der Waals surface area (Å²) in [5.41, 5.74) is 7.56. The van der Waals surface area contributed by atoms with Gasteiger partial charge in [-0.05, 0) is 23.2 Å². The molecule has 7 heteroatoms. The van der Waals surface area contributed by atoms with E-state index in [9.17, 15) is 13.2 Å². The van der Waals surface area contributed by atoms with Gasteiger partial charge in [-0.15, -0.1) is 0 Å². The van der Waals surface area contributed by atoms with Crippen molar-refractivity contribution in [2.45, 2.75) is 6.18 Å². The van der Waals surface area contributed by atoms with Crippen molar-refractivity contribution in [3.63, 3.8) is 0 Å². The second kappa shape index (κ2) is 5.97. The third kappa shape index (κ3) is 3.71. The standard InChI is InChI=1S/C11H10F3N3O/c1-18-10-5-4-8(3-2-6-16-17-15)7-9(10)11(12,13)14/h2-5,7H,6H2,1H3. The molecular formula is C11H10F3N3O. The minimum atomic E-state index is -4.47. The summed E-state index contributed by atoms with van der Waals surface area (Å²) >= 11 is 0. The first-order valence-corrected chi connectivity index (χ1v) is 4.91. The molecule has 0 fully saturated rings. The van der Waals surface area contributed by atoms with Crippen LogP contribution in [0.5, 0.6) is 5.75 Å². The molecule has 4 nitrogen and oxygen atoms in total. The van der Waals surface area contributed by atoms with Gasteiger partial charge in [0.1, 0.15) is 5.75 Å². The molecule has 0 aliphatic carbocycles. The topological polar surface area (TPSA) is 58.0 Å². The van der Waals surface area contributed by atoms with E-state index in [0.717, 1.165) is 6.07 Å². The monoisotopic (exact) mass is 257 g/mol. The Kier molecular flexibility index (Phi) is 4.62. The molecule has 0 N–H and O–H groups in total. The first kappa shape index (κ1) is 13.9. The number of azide groups is 1. The van der Waals surface area contributed by atoms with Gasteiger partial charge >= 0.3 is 6.18 Å². The number of benzene rings is 1. The van der Waals surface area contributed by atoms with Gasteiger partial charge in [0.05, 0.1) is 12.7 Å². The van der Waals surface area contributed by atoms with Crippen LogP contribution in [-0.4, -0.2) is 13.7 Å². The fraction of sp³-hybridized carbons (Fsp3) is 0.273. The number of nitrogens with zero attached hydrogens (tertiary/aromatic N) is 3. The van der Waals surface area contributed by atoms with Gasteiger partial charge in [-0.25, -0.2) is 0 Å². The molecule has 0 unspecified atom stereocenters. The molecule has 0 atom stereocenters. The number of hydrogen-bond acceptors (Lipinski definition) is 2. The molecule has 0 saturated carbocycles. The average molecular weight is 257 g/mol. The zero-order chi connectivity index (χ0) is 13.6. The second-order valence-electron chi connectivity index (χ2n) is 3.27. The third-order valence-corrected chi connectivity index (χ3v) is 2.09. The van der Waals surface area contributed by atoms with Gasteiger partial charge in [0.25, 0.3) is 0 Å².